The van der Waals surface area contributed by atoms with Gasteiger partial charge in [0, 0.05) is 32.6 Å². The maximum Gasteiger partial charge on any atom is 0.408 e. The number of benzene rings is 1. The van der Waals surface area contributed by atoms with E-state index in [2.05, 4.69) is 20.4 Å². The molecular formula is C25H31N5O4S. The van der Waals surface area contributed by atoms with Crippen LogP contribution in [-0.4, -0.2) is 69.8 Å². The van der Waals surface area contributed by atoms with Crippen molar-refractivity contribution in [3.63, 3.8) is 0 Å². The number of thiophene rings is 1. The molecule has 1 aliphatic heterocycles. The third kappa shape index (κ3) is 7.12. The highest BCUT2D eigenvalue weighted by Crippen LogP contribution is 2.22. The second-order valence-electron chi connectivity index (χ2n) is 9.48. The number of nitrogens with zero attached hydrogens (tertiary/aromatic N) is 4. The highest BCUT2D eigenvalue weighted by atomic mass is 32.1. The molecule has 186 valence electrons. The second kappa shape index (κ2) is 11.0. The zero-order valence-electron chi connectivity index (χ0n) is 20.3. The summed E-state index contributed by atoms with van der Waals surface area (Å²) in [5.41, 5.74) is 0.326. The molecule has 1 unspecified atom stereocenters. The molecular weight excluding hydrogens is 466 g/mol. The number of rotatable bonds is 7. The van der Waals surface area contributed by atoms with Crippen LogP contribution in [-0.2, 0) is 22.5 Å². The lowest BCUT2D eigenvalue weighted by molar-refractivity contribution is -0.135. The number of hydrogen-bond donors (Lipinski definition) is 1. The van der Waals surface area contributed by atoms with Gasteiger partial charge in [0.05, 0.1) is 11.4 Å². The lowest BCUT2D eigenvalue weighted by atomic mass is 10.0. The third-order valence-electron chi connectivity index (χ3n) is 5.52. The Morgan fingerprint density at radius 3 is 2.51 bits per heavy atom. The molecule has 4 rings (SSSR count). The van der Waals surface area contributed by atoms with Crippen LogP contribution in [0.2, 0.25) is 0 Å². The average Bonchev–Trinajstić information content (AvgIpc) is 3.50. The van der Waals surface area contributed by atoms with E-state index in [4.69, 9.17) is 9.26 Å². The van der Waals surface area contributed by atoms with Gasteiger partial charge in [-0.1, -0.05) is 41.6 Å². The maximum atomic E-state index is 13.4. The van der Waals surface area contributed by atoms with E-state index in [1.54, 1.807) is 37.0 Å². The van der Waals surface area contributed by atoms with Crippen molar-refractivity contribution in [1.82, 2.24) is 25.3 Å². The lowest BCUT2D eigenvalue weighted by Crippen LogP contribution is -2.55. The fourth-order valence-corrected chi connectivity index (χ4v) is 4.51. The van der Waals surface area contributed by atoms with Gasteiger partial charge in [-0.25, -0.2) is 4.79 Å². The summed E-state index contributed by atoms with van der Waals surface area (Å²) < 4.78 is 10.8. The van der Waals surface area contributed by atoms with Crippen molar-refractivity contribution >= 4 is 23.3 Å². The Morgan fingerprint density at radius 1 is 1.11 bits per heavy atom. The maximum absolute atomic E-state index is 13.4. The first-order valence-electron chi connectivity index (χ1n) is 11.7. The number of aromatic nitrogens is 2. The summed E-state index contributed by atoms with van der Waals surface area (Å²) in [6, 6.07) is 12.9. The largest absolute Gasteiger partial charge is 0.444 e. The van der Waals surface area contributed by atoms with E-state index in [0.717, 1.165) is 10.4 Å². The van der Waals surface area contributed by atoms with E-state index in [1.807, 2.05) is 47.8 Å². The number of amides is 2. The van der Waals surface area contributed by atoms with Gasteiger partial charge in [-0.2, -0.15) is 4.98 Å². The minimum absolute atomic E-state index is 0.114. The van der Waals surface area contributed by atoms with Crippen molar-refractivity contribution in [3.8, 4) is 10.7 Å². The smallest absolute Gasteiger partial charge is 0.408 e. The van der Waals surface area contributed by atoms with Crippen LogP contribution < -0.4 is 5.32 Å². The molecule has 10 heteroatoms. The van der Waals surface area contributed by atoms with Crippen LogP contribution in [0.4, 0.5) is 4.79 Å². The Kier molecular flexibility index (Phi) is 7.82. The van der Waals surface area contributed by atoms with Gasteiger partial charge in [-0.3, -0.25) is 9.69 Å². The monoisotopic (exact) mass is 497 g/mol. The third-order valence-corrected chi connectivity index (χ3v) is 6.39. The first-order chi connectivity index (χ1) is 16.8. The van der Waals surface area contributed by atoms with Gasteiger partial charge in [0.2, 0.25) is 17.6 Å². The van der Waals surface area contributed by atoms with Crippen molar-refractivity contribution in [2.45, 2.75) is 45.4 Å². The molecule has 35 heavy (non-hydrogen) atoms. The molecule has 2 aromatic heterocycles. The molecule has 3 aromatic rings. The summed E-state index contributed by atoms with van der Waals surface area (Å²) in [7, 11) is 0. The number of ether oxygens (including phenoxy) is 1. The second-order valence-corrected chi connectivity index (χ2v) is 10.4. The minimum Gasteiger partial charge on any atom is -0.444 e. The van der Waals surface area contributed by atoms with Crippen molar-refractivity contribution < 1.29 is 18.8 Å². The highest BCUT2D eigenvalue weighted by Gasteiger charge is 2.30. The van der Waals surface area contributed by atoms with Gasteiger partial charge in [0.15, 0.2) is 0 Å². The Hall–Kier alpha value is -3.24. The summed E-state index contributed by atoms with van der Waals surface area (Å²) in [5, 5.41) is 8.83. The van der Waals surface area contributed by atoms with Gasteiger partial charge >= 0.3 is 6.09 Å². The minimum atomic E-state index is -0.705. The molecule has 1 saturated heterocycles. The zero-order valence-corrected chi connectivity index (χ0v) is 21.1. The quantitative estimate of drug-likeness (QED) is 0.532. The van der Waals surface area contributed by atoms with E-state index in [9.17, 15) is 9.59 Å². The molecule has 9 nitrogen and oxygen atoms in total. The van der Waals surface area contributed by atoms with Crippen LogP contribution in [0.25, 0.3) is 10.7 Å². The Labute approximate surface area is 209 Å². The van der Waals surface area contributed by atoms with Gasteiger partial charge in [0.1, 0.15) is 11.6 Å². The number of nitrogens with one attached hydrogen (secondary N) is 1. The zero-order chi connectivity index (χ0) is 24.8. The molecule has 1 aliphatic rings. The normalized spacial score (nSPS) is 15.6. The summed E-state index contributed by atoms with van der Waals surface area (Å²) in [6.07, 6.45) is -0.199. The van der Waals surface area contributed by atoms with E-state index in [0.29, 0.717) is 50.9 Å². The van der Waals surface area contributed by atoms with Gasteiger partial charge in [-0.05, 0) is 37.8 Å². The van der Waals surface area contributed by atoms with Crippen LogP contribution in [0.1, 0.15) is 32.2 Å². The van der Waals surface area contributed by atoms with Crippen LogP contribution in [0.5, 0.6) is 0 Å². The van der Waals surface area contributed by atoms with Crippen LogP contribution >= 0.6 is 11.3 Å². The predicted octanol–water partition coefficient (Wildman–Crippen LogP) is 3.58. The van der Waals surface area contributed by atoms with Crippen molar-refractivity contribution in [2.24, 2.45) is 0 Å². The Morgan fingerprint density at radius 2 is 1.86 bits per heavy atom. The first kappa shape index (κ1) is 24.9. The number of piperazine rings is 1. The fourth-order valence-electron chi connectivity index (χ4n) is 3.86. The molecule has 0 radical (unpaired) electrons. The molecule has 0 spiro atoms. The van der Waals surface area contributed by atoms with E-state index < -0.39 is 17.7 Å². The van der Waals surface area contributed by atoms with Crippen molar-refractivity contribution in [1.29, 1.82) is 0 Å². The van der Waals surface area contributed by atoms with Gasteiger partial charge in [0.25, 0.3) is 0 Å². The summed E-state index contributed by atoms with van der Waals surface area (Å²) in [4.78, 5) is 35.3. The molecule has 3 heterocycles. The van der Waals surface area contributed by atoms with Gasteiger partial charge < -0.3 is 19.5 Å². The van der Waals surface area contributed by atoms with Gasteiger partial charge in [-0.15, -0.1) is 11.3 Å². The van der Waals surface area contributed by atoms with E-state index >= 15 is 0 Å². The molecule has 0 saturated carbocycles. The number of alkyl carbamates (subject to hydrolysis) is 1. The molecule has 2 amide bonds. The van der Waals surface area contributed by atoms with Crippen molar-refractivity contribution in [2.75, 3.05) is 26.2 Å². The summed E-state index contributed by atoms with van der Waals surface area (Å²) >= 11 is 1.57. The number of hydrogen-bond acceptors (Lipinski definition) is 8. The number of carbonyl (C=O) groups is 2. The van der Waals surface area contributed by atoms with E-state index in [1.165, 1.54) is 0 Å². The fraction of sp³-hybridized carbons (Fsp3) is 0.440. The van der Waals surface area contributed by atoms with Crippen LogP contribution in [0, 0.1) is 0 Å². The molecule has 1 N–H and O–H groups in total. The van der Waals surface area contributed by atoms with Crippen LogP contribution in [0.3, 0.4) is 0 Å². The molecule has 0 aliphatic carbocycles. The topological polar surface area (TPSA) is 101 Å². The average molecular weight is 498 g/mol. The number of carbonyl (C=O) groups excluding carboxylic acids is 2. The molecule has 1 atom stereocenters. The SMILES string of the molecule is CC(C)(C)OC(=O)NC(Cc1ccccc1)C(=O)N1CCN(Cc2nc(-c3cccs3)no2)CC1. The summed E-state index contributed by atoms with van der Waals surface area (Å²) in [6.45, 7) is 8.37. The molecule has 0 bridgehead atoms. The Bertz CT molecular complexity index is 1100. The Balaban J connectivity index is 1.35. The van der Waals surface area contributed by atoms with Crippen molar-refractivity contribution in [3.05, 3.63) is 59.3 Å². The molecule has 1 aromatic carbocycles. The molecule has 1 fully saturated rings. The first-order valence-corrected chi connectivity index (χ1v) is 12.6. The van der Waals surface area contributed by atoms with E-state index in [-0.39, 0.29) is 5.91 Å². The highest BCUT2D eigenvalue weighted by molar-refractivity contribution is 7.13. The van der Waals surface area contributed by atoms with Crippen LogP contribution in [0.15, 0.2) is 52.4 Å². The standard InChI is InChI=1S/C25H31N5O4S/c1-25(2,3)33-24(32)26-19(16-18-8-5-4-6-9-18)23(31)30-13-11-29(12-14-30)17-21-27-22(28-34-21)20-10-7-15-35-20/h4-10,15,19H,11-14,16-17H2,1-3H3,(H,26,32). The predicted molar refractivity (Wildman–Crippen MR) is 133 cm³/mol. The summed E-state index contributed by atoms with van der Waals surface area (Å²) in [5.74, 6) is 1.04. The lowest BCUT2D eigenvalue weighted by Gasteiger charge is -2.36.